The molecule has 1 aromatic heterocycles. The third-order valence-electron chi connectivity index (χ3n) is 3.21. The molecule has 1 amide bonds. The number of nitrogens with one attached hydrogen (secondary N) is 1. The molecule has 2 rings (SSSR count). The van der Waals surface area contributed by atoms with E-state index in [1.54, 1.807) is 0 Å². The fourth-order valence-electron chi connectivity index (χ4n) is 1.97. The van der Waals surface area contributed by atoms with Crippen molar-refractivity contribution in [2.75, 3.05) is 0 Å². The Bertz CT molecular complexity index is 743. The van der Waals surface area contributed by atoms with E-state index in [2.05, 4.69) is 10.4 Å². The van der Waals surface area contributed by atoms with Crippen LogP contribution in [0.15, 0.2) is 30.6 Å². The lowest BCUT2D eigenvalue weighted by atomic mass is 10.1. The Morgan fingerprint density at radius 2 is 2.00 bits per heavy atom. The molecule has 0 saturated carbocycles. The van der Waals surface area contributed by atoms with Crippen LogP contribution in [0.3, 0.4) is 0 Å². The molecule has 122 valence electrons. The smallest absolute Gasteiger partial charge is 0.331 e. The Morgan fingerprint density at radius 3 is 2.57 bits per heavy atom. The second kappa shape index (κ2) is 6.55. The predicted octanol–water partition coefficient (Wildman–Crippen LogP) is 2.30. The average molecular weight is 323 g/mol. The molecule has 0 aliphatic rings. The van der Waals surface area contributed by atoms with Crippen LogP contribution in [0, 0.1) is 11.6 Å². The number of aliphatic carboxylic acids is 1. The molecule has 0 bridgehead atoms. The summed E-state index contributed by atoms with van der Waals surface area (Å²) in [6, 6.07) is 1.46. The summed E-state index contributed by atoms with van der Waals surface area (Å²) in [6.45, 7) is 3.72. The minimum Gasteiger partial charge on any atom is -0.479 e. The van der Waals surface area contributed by atoms with E-state index in [0.717, 1.165) is 12.1 Å². The summed E-state index contributed by atoms with van der Waals surface area (Å²) in [6.07, 6.45) is 2.72. The number of carbonyl (C=O) groups excluding carboxylic acids is 1. The van der Waals surface area contributed by atoms with Crippen molar-refractivity contribution >= 4 is 11.9 Å². The molecule has 0 fully saturated rings. The van der Waals surface area contributed by atoms with Gasteiger partial charge in [0.25, 0.3) is 5.91 Å². The van der Waals surface area contributed by atoms with Gasteiger partial charge in [-0.3, -0.25) is 9.48 Å². The van der Waals surface area contributed by atoms with Crippen molar-refractivity contribution in [3.63, 3.8) is 0 Å². The van der Waals surface area contributed by atoms with Crippen molar-refractivity contribution in [2.45, 2.75) is 25.9 Å². The zero-order valence-electron chi connectivity index (χ0n) is 12.5. The monoisotopic (exact) mass is 323 g/mol. The lowest BCUT2D eigenvalue weighted by Gasteiger charge is -2.15. The average Bonchev–Trinajstić information content (AvgIpc) is 2.98. The van der Waals surface area contributed by atoms with Crippen LogP contribution in [0.2, 0.25) is 0 Å². The number of hydrogen-bond acceptors (Lipinski definition) is 3. The molecule has 6 nitrogen and oxygen atoms in total. The van der Waals surface area contributed by atoms with Crippen molar-refractivity contribution in [3.8, 4) is 0 Å². The number of nitrogens with zero attached hydrogens (tertiary/aromatic N) is 2. The summed E-state index contributed by atoms with van der Waals surface area (Å²) < 4.78 is 28.6. The maximum absolute atomic E-state index is 13.8. The van der Waals surface area contributed by atoms with E-state index in [0.29, 0.717) is 0 Å². The van der Waals surface area contributed by atoms with Gasteiger partial charge in [-0.05, 0) is 19.9 Å². The van der Waals surface area contributed by atoms with Crippen molar-refractivity contribution in [3.05, 3.63) is 53.4 Å². The summed E-state index contributed by atoms with van der Waals surface area (Å²) in [5.41, 5.74) is -0.330. The SMILES string of the molecule is CC(C)n1cc(C(=O)N[C@H](C(=O)O)c2cccc(F)c2F)cn1. The first kappa shape index (κ1) is 16.6. The molecule has 0 unspecified atom stereocenters. The highest BCUT2D eigenvalue weighted by molar-refractivity contribution is 5.96. The molecule has 8 heteroatoms. The van der Waals surface area contributed by atoms with Crippen LogP contribution < -0.4 is 5.32 Å². The van der Waals surface area contributed by atoms with Crippen LogP contribution in [0.25, 0.3) is 0 Å². The zero-order valence-corrected chi connectivity index (χ0v) is 12.5. The molecule has 0 aliphatic carbocycles. The first-order valence-electron chi connectivity index (χ1n) is 6.83. The Kier molecular flexibility index (Phi) is 4.73. The fraction of sp³-hybridized carbons (Fsp3) is 0.267. The second-order valence-corrected chi connectivity index (χ2v) is 5.19. The van der Waals surface area contributed by atoms with E-state index in [4.69, 9.17) is 0 Å². The van der Waals surface area contributed by atoms with Gasteiger partial charge in [0, 0.05) is 17.8 Å². The van der Waals surface area contributed by atoms with Gasteiger partial charge in [0.2, 0.25) is 0 Å². The number of halogens is 2. The van der Waals surface area contributed by atoms with E-state index in [9.17, 15) is 23.5 Å². The zero-order chi connectivity index (χ0) is 17.1. The fourth-order valence-corrected chi connectivity index (χ4v) is 1.97. The summed E-state index contributed by atoms with van der Waals surface area (Å²) >= 11 is 0. The first-order chi connectivity index (χ1) is 10.8. The number of hydrogen-bond donors (Lipinski definition) is 2. The molecule has 0 radical (unpaired) electrons. The highest BCUT2D eigenvalue weighted by Gasteiger charge is 2.27. The van der Waals surface area contributed by atoms with Crippen LogP contribution in [0.1, 0.15) is 41.9 Å². The Hall–Kier alpha value is -2.77. The molecule has 2 N–H and O–H groups in total. The largest absolute Gasteiger partial charge is 0.479 e. The van der Waals surface area contributed by atoms with Gasteiger partial charge in [-0.25, -0.2) is 13.6 Å². The topological polar surface area (TPSA) is 84.2 Å². The summed E-state index contributed by atoms with van der Waals surface area (Å²) in [5, 5.41) is 15.3. The maximum Gasteiger partial charge on any atom is 0.331 e. The van der Waals surface area contributed by atoms with E-state index < -0.39 is 35.1 Å². The molecule has 1 aromatic carbocycles. The maximum atomic E-state index is 13.8. The summed E-state index contributed by atoms with van der Waals surface area (Å²) in [7, 11) is 0. The predicted molar refractivity (Wildman–Crippen MR) is 76.8 cm³/mol. The van der Waals surface area contributed by atoms with Gasteiger partial charge in [-0.15, -0.1) is 0 Å². The Labute approximate surface area is 130 Å². The molecule has 1 heterocycles. The minimum absolute atomic E-state index is 0.0208. The Morgan fingerprint density at radius 1 is 1.30 bits per heavy atom. The van der Waals surface area contributed by atoms with Crippen LogP contribution in [-0.4, -0.2) is 26.8 Å². The third-order valence-corrected chi connectivity index (χ3v) is 3.21. The molecule has 23 heavy (non-hydrogen) atoms. The van der Waals surface area contributed by atoms with Gasteiger partial charge >= 0.3 is 5.97 Å². The van der Waals surface area contributed by atoms with Gasteiger partial charge in [0.15, 0.2) is 17.7 Å². The number of rotatable bonds is 5. The van der Waals surface area contributed by atoms with Gasteiger partial charge in [-0.2, -0.15) is 5.10 Å². The lowest BCUT2D eigenvalue weighted by molar-refractivity contribution is -0.139. The van der Waals surface area contributed by atoms with Crippen LogP contribution in [-0.2, 0) is 4.79 Å². The molecule has 2 aromatic rings. The number of benzene rings is 1. The number of carbonyl (C=O) groups is 2. The standard InChI is InChI=1S/C15H15F2N3O3/c1-8(2)20-7-9(6-18-20)14(21)19-13(15(22)23)10-4-3-5-11(16)12(10)17/h3-8,13H,1-2H3,(H,19,21)(H,22,23)/t13-/m0/s1. The van der Waals surface area contributed by atoms with Crippen molar-refractivity contribution in [2.24, 2.45) is 0 Å². The quantitative estimate of drug-likeness (QED) is 0.884. The minimum atomic E-state index is -1.71. The van der Waals surface area contributed by atoms with Gasteiger partial charge in [-0.1, -0.05) is 12.1 Å². The normalized spacial score (nSPS) is 12.2. The molecule has 0 aliphatic heterocycles. The number of carboxylic acid groups (broad SMARTS) is 1. The van der Waals surface area contributed by atoms with E-state index >= 15 is 0 Å². The second-order valence-electron chi connectivity index (χ2n) is 5.19. The van der Waals surface area contributed by atoms with Gasteiger partial charge < -0.3 is 10.4 Å². The molecule has 0 saturated heterocycles. The van der Waals surface area contributed by atoms with Crippen molar-refractivity contribution in [1.82, 2.24) is 15.1 Å². The van der Waals surface area contributed by atoms with Crippen LogP contribution in [0.4, 0.5) is 8.78 Å². The molecule has 0 spiro atoms. The van der Waals surface area contributed by atoms with E-state index in [1.807, 2.05) is 13.8 Å². The summed E-state index contributed by atoms with van der Waals surface area (Å²) in [4.78, 5) is 23.4. The highest BCUT2D eigenvalue weighted by atomic mass is 19.2. The Balaban J connectivity index is 2.27. The van der Waals surface area contributed by atoms with E-state index in [1.165, 1.54) is 23.1 Å². The number of amides is 1. The number of carboxylic acids is 1. The summed E-state index contributed by atoms with van der Waals surface area (Å²) in [5.74, 6) is -4.74. The van der Waals surface area contributed by atoms with Crippen LogP contribution in [0.5, 0.6) is 0 Å². The lowest BCUT2D eigenvalue weighted by Crippen LogP contribution is -2.34. The first-order valence-corrected chi connectivity index (χ1v) is 6.83. The number of aromatic nitrogens is 2. The van der Waals surface area contributed by atoms with Crippen LogP contribution >= 0.6 is 0 Å². The van der Waals surface area contributed by atoms with Crippen molar-refractivity contribution < 1.29 is 23.5 Å². The molecular formula is C15H15F2N3O3. The van der Waals surface area contributed by atoms with Crippen molar-refractivity contribution in [1.29, 1.82) is 0 Å². The highest BCUT2D eigenvalue weighted by Crippen LogP contribution is 2.20. The third kappa shape index (κ3) is 3.53. The molecule has 1 atom stereocenters. The van der Waals surface area contributed by atoms with E-state index in [-0.39, 0.29) is 11.6 Å². The van der Waals surface area contributed by atoms with Gasteiger partial charge in [0.1, 0.15) is 0 Å². The molecular weight excluding hydrogens is 308 g/mol. The van der Waals surface area contributed by atoms with Gasteiger partial charge in [0.05, 0.1) is 11.8 Å².